The standard InChI is InChI=1S/C16H22N4OS2/c1-4-20(10-13-8-6-5-7-9-13)14(21)11-22-16-19-18-15(23-16)17-12(2)3/h5-9,12H,4,10-11H2,1-3H3,(H,17,18). The van der Waals surface area contributed by atoms with Crippen LogP contribution in [0.5, 0.6) is 0 Å². The van der Waals surface area contributed by atoms with Gasteiger partial charge in [-0.25, -0.2) is 0 Å². The summed E-state index contributed by atoms with van der Waals surface area (Å²) in [6.45, 7) is 7.46. The molecule has 2 aromatic rings. The molecule has 1 amide bonds. The molecule has 124 valence electrons. The van der Waals surface area contributed by atoms with Gasteiger partial charge in [0, 0.05) is 19.1 Å². The molecular weight excluding hydrogens is 328 g/mol. The van der Waals surface area contributed by atoms with E-state index in [1.165, 1.54) is 23.1 Å². The first-order chi connectivity index (χ1) is 11.1. The second-order valence-electron chi connectivity index (χ2n) is 5.35. The number of carbonyl (C=O) groups excluding carboxylic acids is 1. The smallest absolute Gasteiger partial charge is 0.233 e. The van der Waals surface area contributed by atoms with E-state index in [9.17, 15) is 4.79 Å². The lowest BCUT2D eigenvalue weighted by Gasteiger charge is -2.20. The van der Waals surface area contributed by atoms with Gasteiger partial charge in [0.25, 0.3) is 0 Å². The Bertz CT molecular complexity index is 616. The first-order valence-corrected chi connectivity index (χ1v) is 9.43. The van der Waals surface area contributed by atoms with Gasteiger partial charge >= 0.3 is 0 Å². The molecule has 0 aliphatic rings. The average Bonchev–Trinajstić information content (AvgIpc) is 2.98. The van der Waals surface area contributed by atoms with Crippen LogP contribution in [-0.4, -0.2) is 39.3 Å². The first-order valence-electron chi connectivity index (χ1n) is 7.63. The molecule has 0 radical (unpaired) electrons. The molecule has 0 aliphatic carbocycles. The van der Waals surface area contributed by atoms with Crippen LogP contribution in [0.2, 0.25) is 0 Å². The SMILES string of the molecule is CCN(Cc1ccccc1)C(=O)CSc1nnc(NC(C)C)s1. The van der Waals surface area contributed by atoms with Crippen LogP contribution in [0.25, 0.3) is 0 Å². The second-order valence-corrected chi connectivity index (χ2v) is 7.55. The van der Waals surface area contributed by atoms with Crippen molar-refractivity contribution in [3.63, 3.8) is 0 Å². The Morgan fingerprint density at radius 3 is 2.70 bits per heavy atom. The molecule has 23 heavy (non-hydrogen) atoms. The maximum atomic E-state index is 12.4. The van der Waals surface area contributed by atoms with E-state index >= 15 is 0 Å². The Morgan fingerprint density at radius 2 is 2.04 bits per heavy atom. The van der Waals surface area contributed by atoms with Crippen LogP contribution in [0.15, 0.2) is 34.7 Å². The highest BCUT2D eigenvalue weighted by molar-refractivity contribution is 8.01. The molecular formula is C16H22N4OS2. The highest BCUT2D eigenvalue weighted by Crippen LogP contribution is 2.26. The molecule has 5 nitrogen and oxygen atoms in total. The average molecular weight is 351 g/mol. The zero-order chi connectivity index (χ0) is 16.7. The summed E-state index contributed by atoms with van der Waals surface area (Å²) in [5, 5.41) is 12.2. The lowest BCUT2D eigenvalue weighted by atomic mass is 10.2. The van der Waals surface area contributed by atoms with E-state index in [0.29, 0.717) is 24.9 Å². The molecule has 1 aromatic carbocycles. The van der Waals surface area contributed by atoms with Gasteiger partial charge in [-0.05, 0) is 26.3 Å². The minimum atomic E-state index is 0.120. The van der Waals surface area contributed by atoms with Crippen LogP contribution in [0, 0.1) is 0 Å². The number of hydrogen-bond acceptors (Lipinski definition) is 6. The van der Waals surface area contributed by atoms with Gasteiger partial charge in [-0.1, -0.05) is 53.4 Å². The molecule has 2 rings (SSSR count). The fourth-order valence-electron chi connectivity index (χ4n) is 1.97. The maximum Gasteiger partial charge on any atom is 0.233 e. The van der Waals surface area contributed by atoms with E-state index in [1.54, 1.807) is 0 Å². The monoisotopic (exact) mass is 350 g/mol. The summed E-state index contributed by atoms with van der Waals surface area (Å²) in [4.78, 5) is 14.2. The van der Waals surface area contributed by atoms with Gasteiger partial charge in [-0.2, -0.15) is 0 Å². The zero-order valence-corrected chi connectivity index (χ0v) is 15.3. The Balaban J connectivity index is 1.86. The summed E-state index contributed by atoms with van der Waals surface area (Å²) in [5.74, 6) is 0.506. The van der Waals surface area contributed by atoms with Gasteiger partial charge in [0.2, 0.25) is 11.0 Å². The lowest BCUT2D eigenvalue weighted by molar-refractivity contribution is -0.128. The number of amides is 1. The first kappa shape index (κ1) is 17.7. The lowest BCUT2D eigenvalue weighted by Crippen LogP contribution is -2.31. The topological polar surface area (TPSA) is 58.1 Å². The molecule has 0 saturated carbocycles. The number of rotatable bonds is 8. The summed E-state index contributed by atoms with van der Waals surface area (Å²) >= 11 is 2.93. The van der Waals surface area contributed by atoms with E-state index in [4.69, 9.17) is 0 Å². The molecule has 0 bridgehead atoms. The van der Waals surface area contributed by atoms with Crippen molar-refractivity contribution in [3.05, 3.63) is 35.9 Å². The quantitative estimate of drug-likeness (QED) is 0.739. The van der Waals surface area contributed by atoms with Crippen molar-refractivity contribution >= 4 is 34.1 Å². The van der Waals surface area contributed by atoms with Crippen molar-refractivity contribution in [1.82, 2.24) is 15.1 Å². The van der Waals surface area contributed by atoms with E-state index in [-0.39, 0.29) is 5.91 Å². The fourth-order valence-corrected chi connectivity index (χ4v) is 3.77. The molecule has 1 N–H and O–H groups in total. The second kappa shape index (κ2) is 8.88. The largest absolute Gasteiger partial charge is 0.358 e. The molecule has 0 saturated heterocycles. The summed E-state index contributed by atoms with van der Waals surface area (Å²) in [6.07, 6.45) is 0. The number of thioether (sulfide) groups is 1. The molecule has 0 spiro atoms. The van der Waals surface area contributed by atoms with Crippen LogP contribution < -0.4 is 5.32 Å². The van der Waals surface area contributed by atoms with Gasteiger partial charge in [0.1, 0.15) is 0 Å². The maximum absolute atomic E-state index is 12.4. The third-order valence-electron chi connectivity index (χ3n) is 3.09. The molecule has 1 aromatic heterocycles. The number of carbonyl (C=O) groups is 1. The Labute approximate surface area is 145 Å². The van der Waals surface area contributed by atoms with Crippen molar-refractivity contribution in [2.75, 3.05) is 17.6 Å². The van der Waals surface area contributed by atoms with Gasteiger partial charge < -0.3 is 10.2 Å². The van der Waals surface area contributed by atoms with Crippen molar-refractivity contribution in [2.45, 2.75) is 37.7 Å². The molecule has 0 fully saturated rings. The molecule has 7 heteroatoms. The van der Waals surface area contributed by atoms with E-state index in [1.807, 2.05) is 42.2 Å². The van der Waals surface area contributed by atoms with Crippen molar-refractivity contribution in [2.24, 2.45) is 0 Å². The van der Waals surface area contributed by atoms with Gasteiger partial charge in [0.15, 0.2) is 4.34 Å². The van der Waals surface area contributed by atoms with Crippen LogP contribution in [0.4, 0.5) is 5.13 Å². The molecule has 0 aliphatic heterocycles. The van der Waals surface area contributed by atoms with Crippen molar-refractivity contribution in [1.29, 1.82) is 0 Å². The summed E-state index contributed by atoms with van der Waals surface area (Å²) in [6, 6.07) is 10.4. The molecule has 0 unspecified atom stereocenters. The number of aromatic nitrogens is 2. The molecule has 1 heterocycles. The third kappa shape index (κ3) is 5.84. The van der Waals surface area contributed by atoms with Crippen LogP contribution in [0.1, 0.15) is 26.3 Å². The van der Waals surface area contributed by atoms with E-state index < -0.39 is 0 Å². The highest BCUT2D eigenvalue weighted by atomic mass is 32.2. The normalized spacial score (nSPS) is 10.8. The Morgan fingerprint density at radius 1 is 1.30 bits per heavy atom. The summed E-state index contributed by atoms with van der Waals surface area (Å²) in [7, 11) is 0. The Kier molecular flexibility index (Phi) is 6.85. The fraction of sp³-hybridized carbons (Fsp3) is 0.438. The zero-order valence-electron chi connectivity index (χ0n) is 13.7. The van der Waals surface area contributed by atoms with Crippen molar-refractivity contribution < 1.29 is 4.79 Å². The molecule has 0 atom stereocenters. The summed E-state index contributed by atoms with van der Waals surface area (Å²) < 4.78 is 0.817. The van der Waals surface area contributed by atoms with Crippen molar-refractivity contribution in [3.8, 4) is 0 Å². The van der Waals surface area contributed by atoms with E-state index in [0.717, 1.165) is 15.0 Å². The number of anilines is 1. The third-order valence-corrected chi connectivity index (χ3v) is 5.06. The van der Waals surface area contributed by atoms with E-state index in [2.05, 4.69) is 29.4 Å². The predicted octanol–water partition coefficient (Wildman–Crippen LogP) is 3.50. The van der Waals surface area contributed by atoms with Crippen LogP contribution in [0.3, 0.4) is 0 Å². The Hall–Kier alpha value is -1.60. The minimum absolute atomic E-state index is 0.120. The highest BCUT2D eigenvalue weighted by Gasteiger charge is 2.14. The predicted molar refractivity (Wildman–Crippen MR) is 96.9 cm³/mol. The van der Waals surface area contributed by atoms with Gasteiger partial charge in [0.05, 0.1) is 5.75 Å². The van der Waals surface area contributed by atoms with Gasteiger partial charge in [-0.3, -0.25) is 4.79 Å². The van der Waals surface area contributed by atoms with Crippen LogP contribution >= 0.6 is 23.1 Å². The minimum Gasteiger partial charge on any atom is -0.358 e. The number of nitrogens with one attached hydrogen (secondary N) is 1. The summed E-state index contributed by atoms with van der Waals surface area (Å²) in [5.41, 5.74) is 1.15. The number of nitrogens with zero attached hydrogens (tertiary/aromatic N) is 3. The van der Waals surface area contributed by atoms with Crippen LogP contribution in [-0.2, 0) is 11.3 Å². The van der Waals surface area contributed by atoms with Gasteiger partial charge in [-0.15, -0.1) is 10.2 Å². The number of hydrogen-bond donors (Lipinski definition) is 1. The number of benzene rings is 1.